The maximum atomic E-state index is 13.6. The van der Waals surface area contributed by atoms with E-state index in [1.165, 1.54) is 12.1 Å². The van der Waals surface area contributed by atoms with Crippen LogP contribution in [0.25, 0.3) is 0 Å². The van der Waals surface area contributed by atoms with Crippen molar-refractivity contribution in [3.05, 3.63) is 29.0 Å². The van der Waals surface area contributed by atoms with Gasteiger partial charge in [-0.3, -0.25) is 9.69 Å². The Labute approximate surface area is 123 Å². The minimum Gasteiger partial charge on any atom is -0.322 e. The lowest BCUT2D eigenvalue weighted by atomic mass is 10.1. The Kier molecular flexibility index (Phi) is 4.96. The molecule has 2 rings (SSSR count). The summed E-state index contributed by atoms with van der Waals surface area (Å²) in [5, 5.41) is 6.25. The predicted octanol–water partition coefficient (Wildman–Crippen LogP) is 2.10. The number of benzene rings is 1. The molecular formula is C14H19ClFN3O. The molecule has 1 aromatic carbocycles. The van der Waals surface area contributed by atoms with Crippen LogP contribution in [0.4, 0.5) is 10.1 Å². The van der Waals surface area contributed by atoms with Crippen LogP contribution < -0.4 is 10.6 Å². The molecule has 2 N–H and O–H groups in total. The van der Waals surface area contributed by atoms with E-state index in [0.717, 1.165) is 13.1 Å². The zero-order chi connectivity index (χ0) is 14.7. The quantitative estimate of drug-likeness (QED) is 0.898. The normalized spacial score (nSPS) is 23.6. The van der Waals surface area contributed by atoms with Crippen LogP contribution >= 0.6 is 11.6 Å². The Balaban J connectivity index is 1.94. The molecule has 0 radical (unpaired) electrons. The molecule has 1 saturated heterocycles. The average molecular weight is 300 g/mol. The summed E-state index contributed by atoms with van der Waals surface area (Å²) in [6.07, 6.45) is 0. The van der Waals surface area contributed by atoms with Gasteiger partial charge in [-0.25, -0.2) is 4.39 Å². The summed E-state index contributed by atoms with van der Waals surface area (Å²) in [6.45, 7) is 6.06. The first-order chi connectivity index (χ1) is 9.45. The number of hydrogen-bond donors (Lipinski definition) is 2. The summed E-state index contributed by atoms with van der Waals surface area (Å²) >= 11 is 5.68. The third-order valence-electron chi connectivity index (χ3n) is 3.45. The number of carbonyl (C=O) groups is 1. The number of nitrogens with one attached hydrogen (secondary N) is 2. The monoisotopic (exact) mass is 299 g/mol. The van der Waals surface area contributed by atoms with Crippen LogP contribution in [-0.4, -0.2) is 42.5 Å². The number of hydrogen-bond acceptors (Lipinski definition) is 3. The van der Waals surface area contributed by atoms with Gasteiger partial charge in [0, 0.05) is 30.2 Å². The summed E-state index contributed by atoms with van der Waals surface area (Å²) in [4.78, 5) is 14.1. The van der Waals surface area contributed by atoms with E-state index in [1.807, 2.05) is 0 Å². The molecule has 20 heavy (non-hydrogen) atoms. The van der Waals surface area contributed by atoms with Gasteiger partial charge in [-0.05, 0) is 32.0 Å². The molecule has 0 saturated carbocycles. The smallest absolute Gasteiger partial charge is 0.238 e. The standard InChI is InChI=1S/C14H19ClFN3O/c1-9-7-19(10(2)6-17-9)8-14(20)18-13-4-3-11(15)5-12(13)16/h3-5,9-10,17H,6-8H2,1-2H3,(H,18,20). The number of piperazine rings is 1. The highest BCUT2D eigenvalue weighted by Gasteiger charge is 2.24. The average Bonchev–Trinajstić information content (AvgIpc) is 2.37. The van der Waals surface area contributed by atoms with Crippen molar-refractivity contribution in [2.75, 3.05) is 25.0 Å². The summed E-state index contributed by atoms with van der Waals surface area (Å²) in [6, 6.07) is 4.85. The fraction of sp³-hybridized carbons (Fsp3) is 0.500. The van der Waals surface area contributed by atoms with Crippen molar-refractivity contribution in [2.45, 2.75) is 25.9 Å². The molecule has 0 bridgehead atoms. The Bertz CT molecular complexity index is 497. The van der Waals surface area contributed by atoms with Crippen LogP contribution in [-0.2, 0) is 4.79 Å². The van der Waals surface area contributed by atoms with Crippen LogP contribution in [0.3, 0.4) is 0 Å². The van der Waals surface area contributed by atoms with Gasteiger partial charge < -0.3 is 10.6 Å². The summed E-state index contributed by atoms with van der Waals surface area (Å²) in [5.41, 5.74) is 0.162. The SMILES string of the molecule is CC1CN(CC(=O)Nc2ccc(Cl)cc2F)C(C)CN1. The minimum atomic E-state index is -0.521. The second kappa shape index (κ2) is 6.52. The van der Waals surface area contributed by atoms with Gasteiger partial charge in [0.15, 0.2) is 0 Å². The largest absolute Gasteiger partial charge is 0.322 e. The predicted molar refractivity (Wildman–Crippen MR) is 78.5 cm³/mol. The van der Waals surface area contributed by atoms with E-state index in [0.29, 0.717) is 11.1 Å². The van der Waals surface area contributed by atoms with Crippen molar-refractivity contribution < 1.29 is 9.18 Å². The van der Waals surface area contributed by atoms with Gasteiger partial charge in [-0.15, -0.1) is 0 Å². The number of amides is 1. The van der Waals surface area contributed by atoms with Gasteiger partial charge in [-0.2, -0.15) is 0 Å². The molecule has 110 valence electrons. The van der Waals surface area contributed by atoms with Crippen molar-refractivity contribution in [3.8, 4) is 0 Å². The molecule has 1 amide bonds. The lowest BCUT2D eigenvalue weighted by Gasteiger charge is -2.36. The lowest BCUT2D eigenvalue weighted by Crippen LogP contribution is -2.55. The third-order valence-corrected chi connectivity index (χ3v) is 3.68. The molecule has 1 heterocycles. The van der Waals surface area contributed by atoms with Crippen LogP contribution in [0.5, 0.6) is 0 Å². The first kappa shape index (κ1) is 15.2. The summed E-state index contributed by atoms with van der Waals surface area (Å²) in [5.74, 6) is -0.736. The van der Waals surface area contributed by atoms with E-state index in [9.17, 15) is 9.18 Å². The molecule has 0 aliphatic carbocycles. The van der Waals surface area contributed by atoms with Crippen LogP contribution in [0.15, 0.2) is 18.2 Å². The maximum Gasteiger partial charge on any atom is 0.238 e. The summed E-state index contributed by atoms with van der Waals surface area (Å²) in [7, 11) is 0. The van der Waals surface area contributed by atoms with Crippen LogP contribution in [0, 0.1) is 5.82 Å². The van der Waals surface area contributed by atoms with E-state index < -0.39 is 5.82 Å². The molecular weight excluding hydrogens is 281 g/mol. The molecule has 4 nitrogen and oxygen atoms in total. The molecule has 2 atom stereocenters. The molecule has 1 fully saturated rings. The van der Waals surface area contributed by atoms with E-state index in [-0.39, 0.29) is 24.2 Å². The van der Waals surface area contributed by atoms with Crippen molar-refractivity contribution >= 4 is 23.2 Å². The molecule has 0 aromatic heterocycles. The van der Waals surface area contributed by atoms with Gasteiger partial charge in [0.1, 0.15) is 5.82 Å². The first-order valence-electron chi connectivity index (χ1n) is 6.68. The van der Waals surface area contributed by atoms with Crippen molar-refractivity contribution in [3.63, 3.8) is 0 Å². The van der Waals surface area contributed by atoms with E-state index >= 15 is 0 Å². The van der Waals surface area contributed by atoms with Crippen LogP contribution in [0.2, 0.25) is 5.02 Å². The molecule has 1 aliphatic heterocycles. The van der Waals surface area contributed by atoms with E-state index in [1.54, 1.807) is 6.07 Å². The number of anilines is 1. The van der Waals surface area contributed by atoms with E-state index in [2.05, 4.69) is 29.4 Å². The molecule has 1 aromatic rings. The van der Waals surface area contributed by atoms with Crippen molar-refractivity contribution in [1.82, 2.24) is 10.2 Å². The highest BCUT2D eigenvalue weighted by atomic mass is 35.5. The number of halogens is 2. The highest BCUT2D eigenvalue weighted by Crippen LogP contribution is 2.19. The zero-order valence-electron chi connectivity index (χ0n) is 11.6. The Morgan fingerprint density at radius 2 is 2.30 bits per heavy atom. The molecule has 6 heteroatoms. The van der Waals surface area contributed by atoms with Crippen molar-refractivity contribution in [1.29, 1.82) is 0 Å². The Hall–Kier alpha value is -1.17. The Morgan fingerprint density at radius 1 is 1.55 bits per heavy atom. The first-order valence-corrected chi connectivity index (χ1v) is 7.06. The third kappa shape index (κ3) is 3.91. The van der Waals surface area contributed by atoms with Gasteiger partial charge in [-0.1, -0.05) is 11.6 Å². The van der Waals surface area contributed by atoms with Crippen molar-refractivity contribution in [2.24, 2.45) is 0 Å². The fourth-order valence-electron chi connectivity index (χ4n) is 2.28. The second-order valence-electron chi connectivity index (χ2n) is 5.26. The zero-order valence-corrected chi connectivity index (χ0v) is 12.4. The fourth-order valence-corrected chi connectivity index (χ4v) is 2.44. The Morgan fingerprint density at radius 3 is 3.00 bits per heavy atom. The minimum absolute atomic E-state index is 0.162. The molecule has 1 aliphatic rings. The van der Waals surface area contributed by atoms with Gasteiger partial charge in [0.05, 0.1) is 12.2 Å². The van der Waals surface area contributed by atoms with Gasteiger partial charge in [0.25, 0.3) is 0 Å². The maximum absolute atomic E-state index is 13.6. The van der Waals surface area contributed by atoms with Gasteiger partial charge >= 0.3 is 0 Å². The second-order valence-corrected chi connectivity index (χ2v) is 5.70. The number of nitrogens with zero attached hydrogens (tertiary/aromatic N) is 1. The van der Waals surface area contributed by atoms with E-state index in [4.69, 9.17) is 11.6 Å². The number of rotatable bonds is 3. The molecule has 2 unspecified atom stereocenters. The van der Waals surface area contributed by atoms with Crippen LogP contribution in [0.1, 0.15) is 13.8 Å². The lowest BCUT2D eigenvalue weighted by molar-refractivity contribution is -0.118. The molecule has 0 spiro atoms. The van der Waals surface area contributed by atoms with Gasteiger partial charge in [0.2, 0.25) is 5.91 Å². The number of carbonyl (C=O) groups excluding carboxylic acids is 1. The topological polar surface area (TPSA) is 44.4 Å². The highest BCUT2D eigenvalue weighted by molar-refractivity contribution is 6.30. The summed E-state index contributed by atoms with van der Waals surface area (Å²) < 4.78 is 13.6.